The predicted octanol–water partition coefficient (Wildman–Crippen LogP) is 0.467. The fourth-order valence-corrected chi connectivity index (χ4v) is 2.76. The molecule has 1 aromatic carbocycles. The van der Waals surface area contributed by atoms with Crippen LogP contribution < -0.4 is 21.7 Å². The molecule has 0 aliphatic carbocycles. The van der Waals surface area contributed by atoms with Gasteiger partial charge in [0.1, 0.15) is 0 Å². The summed E-state index contributed by atoms with van der Waals surface area (Å²) >= 11 is 0. The van der Waals surface area contributed by atoms with Crippen LogP contribution in [0.2, 0.25) is 0 Å². The molecule has 24 heavy (non-hydrogen) atoms. The Kier molecular flexibility index (Phi) is 6.20. The second kappa shape index (κ2) is 8.35. The topological polar surface area (TPSA) is 99.5 Å². The molecule has 0 bridgehead atoms. The van der Waals surface area contributed by atoms with Gasteiger partial charge in [0.25, 0.3) is 5.91 Å². The average Bonchev–Trinajstić information content (AvgIpc) is 2.57. The van der Waals surface area contributed by atoms with Crippen molar-refractivity contribution >= 4 is 17.5 Å². The number of nitrogens with two attached hydrogens (primary N) is 1. The third-order valence-corrected chi connectivity index (χ3v) is 3.80. The molecule has 5 N–H and O–H groups in total. The van der Waals surface area contributed by atoms with Gasteiger partial charge in [0, 0.05) is 48.8 Å². The van der Waals surface area contributed by atoms with E-state index in [2.05, 4.69) is 16.0 Å². The van der Waals surface area contributed by atoms with Crippen molar-refractivity contribution in [3.8, 4) is 0 Å². The molecule has 2 rings (SSSR count). The van der Waals surface area contributed by atoms with E-state index in [9.17, 15) is 9.59 Å². The van der Waals surface area contributed by atoms with Gasteiger partial charge in [0.15, 0.2) is 0 Å². The van der Waals surface area contributed by atoms with E-state index in [1.54, 1.807) is 35.4 Å². The highest BCUT2D eigenvalue weighted by molar-refractivity contribution is 5.96. The third kappa shape index (κ3) is 4.99. The number of benzene rings is 1. The van der Waals surface area contributed by atoms with E-state index in [4.69, 9.17) is 5.73 Å². The van der Waals surface area contributed by atoms with E-state index in [-0.39, 0.29) is 30.4 Å². The van der Waals surface area contributed by atoms with Crippen molar-refractivity contribution in [2.75, 3.05) is 25.0 Å². The number of hydrogen-bond acceptors (Lipinski definition) is 5. The smallest absolute Gasteiger partial charge is 0.251 e. The molecule has 1 fully saturated rings. The van der Waals surface area contributed by atoms with Crippen LogP contribution in [0, 0.1) is 0 Å². The van der Waals surface area contributed by atoms with Gasteiger partial charge in [0.05, 0.1) is 6.54 Å². The van der Waals surface area contributed by atoms with Crippen molar-refractivity contribution in [2.45, 2.75) is 25.9 Å². The van der Waals surface area contributed by atoms with E-state index < -0.39 is 0 Å². The maximum atomic E-state index is 12.3. The molecule has 130 valence electrons. The summed E-state index contributed by atoms with van der Waals surface area (Å²) in [5.41, 5.74) is 6.59. The largest absolute Gasteiger partial charge is 0.403 e. The van der Waals surface area contributed by atoms with Crippen LogP contribution in [-0.2, 0) is 4.79 Å². The molecular formula is C17H25N5O2. The highest BCUT2D eigenvalue weighted by Gasteiger charge is 2.24. The van der Waals surface area contributed by atoms with E-state index in [1.807, 2.05) is 13.8 Å². The van der Waals surface area contributed by atoms with Crippen LogP contribution in [0.25, 0.3) is 0 Å². The van der Waals surface area contributed by atoms with Crippen LogP contribution in [-0.4, -0.2) is 48.4 Å². The second-order valence-electron chi connectivity index (χ2n) is 6.03. The molecule has 7 heteroatoms. The molecule has 1 aromatic rings. The lowest BCUT2D eigenvalue weighted by molar-refractivity contribution is -0.131. The lowest BCUT2D eigenvalue weighted by Crippen LogP contribution is -2.57. The van der Waals surface area contributed by atoms with Gasteiger partial charge < -0.3 is 26.6 Å². The monoisotopic (exact) mass is 331 g/mol. The Morgan fingerprint density at radius 1 is 1.25 bits per heavy atom. The number of anilines is 1. The minimum atomic E-state index is -0.263. The van der Waals surface area contributed by atoms with Crippen molar-refractivity contribution in [3.63, 3.8) is 0 Å². The number of piperazine rings is 1. The highest BCUT2D eigenvalue weighted by Crippen LogP contribution is 2.09. The van der Waals surface area contributed by atoms with Crippen molar-refractivity contribution in [3.05, 3.63) is 42.2 Å². The Labute approximate surface area is 142 Å². The van der Waals surface area contributed by atoms with E-state index in [1.165, 1.54) is 6.20 Å². The lowest BCUT2D eigenvalue weighted by atomic mass is 10.1. The molecular weight excluding hydrogens is 306 g/mol. The standard InChI is InChI=1S/C17H25N5O2/c1-12-10-22(11-13(2)21-12)16(23)9-20-17(24)14-3-5-15(6-4-14)19-8-7-18/h3-8,12-13,19,21H,9-11,18H2,1-2H3,(H,20,24)/b8-7-. The molecule has 1 aliphatic rings. The summed E-state index contributed by atoms with van der Waals surface area (Å²) in [5.74, 6) is -0.324. The lowest BCUT2D eigenvalue weighted by Gasteiger charge is -2.36. The van der Waals surface area contributed by atoms with Gasteiger partial charge in [-0.05, 0) is 38.1 Å². The zero-order valence-electron chi connectivity index (χ0n) is 14.1. The van der Waals surface area contributed by atoms with Crippen molar-refractivity contribution in [1.82, 2.24) is 15.5 Å². The maximum absolute atomic E-state index is 12.3. The number of amides is 2. The van der Waals surface area contributed by atoms with Gasteiger partial charge in [-0.2, -0.15) is 0 Å². The minimum Gasteiger partial charge on any atom is -0.403 e. The van der Waals surface area contributed by atoms with Gasteiger partial charge in [-0.1, -0.05) is 0 Å². The number of carbonyl (C=O) groups is 2. The first-order chi connectivity index (χ1) is 11.5. The van der Waals surface area contributed by atoms with E-state index in [0.29, 0.717) is 18.7 Å². The number of nitrogens with one attached hydrogen (secondary N) is 3. The summed E-state index contributed by atoms with van der Waals surface area (Å²) in [6.45, 7) is 5.42. The third-order valence-electron chi connectivity index (χ3n) is 3.80. The van der Waals surface area contributed by atoms with Crippen LogP contribution in [0.1, 0.15) is 24.2 Å². The van der Waals surface area contributed by atoms with Crippen LogP contribution in [0.3, 0.4) is 0 Å². The molecule has 0 radical (unpaired) electrons. The summed E-state index contributed by atoms with van der Waals surface area (Å²) in [5, 5.41) is 9.02. The average molecular weight is 331 g/mol. The summed E-state index contributed by atoms with van der Waals surface area (Å²) in [4.78, 5) is 26.2. The van der Waals surface area contributed by atoms with Gasteiger partial charge in [-0.3, -0.25) is 9.59 Å². The Hall–Kier alpha value is -2.54. The Morgan fingerprint density at radius 2 is 1.88 bits per heavy atom. The second-order valence-corrected chi connectivity index (χ2v) is 6.03. The van der Waals surface area contributed by atoms with Crippen LogP contribution in [0.15, 0.2) is 36.7 Å². The Balaban J connectivity index is 1.84. The SMILES string of the molecule is CC1CN(C(=O)CNC(=O)c2ccc(N/C=C\N)cc2)CC(C)N1. The summed E-state index contributed by atoms with van der Waals surface area (Å²) in [7, 11) is 0. The Morgan fingerprint density at radius 3 is 2.46 bits per heavy atom. The zero-order chi connectivity index (χ0) is 17.5. The molecule has 2 unspecified atom stereocenters. The molecule has 1 aliphatic heterocycles. The highest BCUT2D eigenvalue weighted by atomic mass is 16.2. The molecule has 1 heterocycles. The summed E-state index contributed by atoms with van der Waals surface area (Å²) in [6.07, 6.45) is 2.99. The first-order valence-corrected chi connectivity index (χ1v) is 8.05. The molecule has 2 amide bonds. The van der Waals surface area contributed by atoms with E-state index in [0.717, 1.165) is 5.69 Å². The van der Waals surface area contributed by atoms with Gasteiger partial charge in [-0.25, -0.2) is 0 Å². The van der Waals surface area contributed by atoms with Crippen molar-refractivity contribution < 1.29 is 9.59 Å². The first-order valence-electron chi connectivity index (χ1n) is 8.05. The van der Waals surface area contributed by atoms with E-state index >= 15 is 0 Å². The minimum absolute atomic E-state index is 0.00812. The number of carbonyl (C=O) groups excluding carboxylic acids is 2. The number of nitrogens with zero attached hydrogens (tertiary/aromatic N) is 1. The quantitative estimate of drug-likeness (QED) is 0.628. The van der Waals surface area contributed by atoms with Crippen LogP contribution >= 0.6 is 0 Å². The van der Waals surface area contributed by atoms with Crippen LogP contribution in [0.4, 0.5) is 5.69 Å². The molecule has 2 atom stereocenters. The number of rotatable bonds is 5. The fourth-order valence-electron chi connectivity index (χ4n) is 2.76. The van der Waals surface area contributed by atoms with Gasteiger partial charge >= 0.3 is 0 Å². The zero-order valence-corrected chi connectivity index (χ0v) is 14.1. The molecule has 7 nitrogen and oxygen atoms in total. The van der Waals surface area contributed by atoms with Crippen molar-refractivity contribution in [1.29, 1.82) is 0 Å². The summed E-state index contributed by atoms with van der Waals surface area (Å²) in [6, 6.07) is 7.46. The molecule has 1 saturated heterocycles. The predicted molar refractivity (Wildman–Crippen MR) is 94.4 cm³/mol. The molecule has 0 saturated carbocycles. The molecule has 0 spiro atoms. The fraction of sp³-hybridized carbons (Fsp3) is 0.412. The Bertz CT molecular complexity index is 590. The number of hydrogen-bond donors (Lipinski definition) is 4. The van der Waals surface area contributed by atoms with Gasteiger partial charge in [0.2, 0.25) is 5.91 Å². The van der Waals surface area contributed by atoms with Crippen molar-refractivity contribution in [2.24, 2.45) is 5.73 Å². The normalized spacial score (nSPS) is 20.8. The van der Waals surface area contributed by atoms with Gasteiger partial charge in [-0.15, -0.1) is 0 Å². The summed E-state index contributed by atoms with van der Waals surface area (Å²) < 4.78 is 0. The first kappa shape index (κ1) is 17.8. The van der Waals surface area contributed by atoms with Crippen LogP contribution in [0.5, 0.6) is 0 Å². The molecule has 0 aromatic heterocycles. The maximum Gasteiger partial charge on any atom is 0.251 e.